The summed E-state index contributed by atoms with van der Waals surface area (Å²) in [6.45, 7) is 0. The summed E-state index contributed by atoms with van der Waals surface area (Å²) < 4.78 is 0. The maximum absolute atomic E-state index is 9.28. The molecule has 0 radical (unpaired) electrons. The Labute approximate surface area is 110 Å². The van der Waals surface area contributed by atoms with Crippen LogP contribution in [0.4, 0.5) is 0 Å². The lowest BCUT2D eigenvalue weighted by molar-refractivity contribution is 0.429. The first-order valence-electron chi connectivity index (χ1n) is 7.08. The molecular weight excluding hydrogens is 220 g/mol. The molecule has 1 aromatic rings. The van der Waals surface area contributed by atoms with Gasteiger partial charge in [-0.05, 0) is 18.4 Å². The van der Waals surface area contributed by atoms with E-state index in [2.05, 4.69) is 23.5 Å². The molecule has 96 valence electrons. The van der Waals surface area contributed by atoms with Crippen LogP contribution in [0.3, 0.4) is 0 Å². The Bertz CT molecular complexity index is 372. The van der Waals surface area contributed by atoms with Crippen molar-refractivity contribution in [1.29, 1.82) is 5.26 Å². The maximum Gasteiger partial charge on any atom is 0.0995 e. The number of nitrogens with zero attached hydrogens (tertiary/aromatic N) is 1. The molecule has 0 amide bonds. The van der Waals surface area contributed by atoms with Crippen molar-refractivity contribution in [3.63, 3.8) is 0 Å². The molecule has 1 fully saturated rings. The molecule has 0 aliphatic heterocycles. The zero-order chi connectivity index (χ0) is 12.6. The minimum Gasteiger partial charge on any atom is -0.299 e. The molecule has 1 saturated carbocycles. The van der Waals surface area contributed by atoms with Crippen molar-refractivity contribution in [2.75, 3.05) is 0 Å². The molecule has 2 nitrogen and oxygen atoms in total. The van der Waals surface area contributed by atoms with Gasteiger partial charge in [0.1, 0.15) is 0 Å². The second-order valence-corrected chi connectivity index (χ2v) is 5.23. The van der Waals surface area contributed by atoms with E-state index in [0.717, 1.165) is 6.42 Å². The normalized spacial score (nSPS) is 18.8. The van der Waals surface area contributed by atoms with Gasteiger partial charge in [-0.15, -0.1) is 0 Å². The molecule has 0 saturated heterocycles. The van der Waals surface area contributed by atoms with Gasteiger partial charge < -0.3 is 0 Å². The van der Waals surface area contributed by atoms with Crippen LogP contribution in [0, 0.1) is 11.3 Å². The van der Waals surface area contributed by atoms with Crippen molar-refractivity contribution in [3.05, 3.63) is 35.9 Å². The molecular formula is C16H22N2. The van der Waals surface area contributed by atoms with Crippen molar-refractivity contribution in [3.8, 4) is 6.07 Å². The molecule has 0 spiro atoms. The van der Waals surface area contributed by atoms with Gasteiger partial charge in [-0.1, -0.05) is 56.0 Å². The summed E-state index contributed by atoms with van der Waals surface area (Å²) in [5, 5.41) is 12.8. The Morgan fingerprint density at radius 3 is 2.39 bits per heavy atom. The molecule has 1 unspecified atom stereocenters. The fourth-order valence-electron chi connectivity index (χ4n) is 2.72. The van der Waals surface area contributed by atoms with Crippen LogP contribution in [-0.2, 0) is 6.42 Å². The van der Waals surface area contributed by atoms with Gasteiger partial charge in [-0.25, -0.2) is 0 Å². The molecule has 0 bridgehead atoms. The summed E-state index contributed by atoms with van der Waals surface area (Å²) >= 11 is 0. The van der Waals surface area contributed by atoms with E-state index in [1.165, 1.54) is 44.1 Å². The van der Waals surface area contributed by atoms with E-state index >= 15 is 0 Å². The largest absolute Gasteiger partial charge is 0.299 e. The van der Waals surface area contributed by atoms with E-state index in [-0.39, 0.29) is 6.04 Å². The highest BCUT2D eigenvalue weighted by atomic mass is 14.9. The Morgan fingerprint density at radius 2 is 1.78 bits per heavy atom. The van der Waals surface area contributed by atoms with Gasteiger partial charge >= 0.3 is 0 Å². The number of nitrogens with one attached hydrogen (secondary N) is 1. The quantitative estimate of drug-likeness (QED) is 0.821. The highest BCUT2D eigenvalue weighted by molar-refractivity contribution is 5.17. The van der Waals surface area contributed by atoms with Crippen LogP contribution in [-0.4, -0.2) is 12.1 Å². The molecule has 1 atom stereocenters. The van der Waals surface area contributed by atoms with Crippen LogP contribution in [0.5, 0.6) is 0 Å². The molecule has 18 heavy (non-hydrogen) atoms. The molecule has 0 heterocycles. The lowest BCUT2D eigenvalue weighted by Gasteiger charge is -2.20. The van der Waals surface area contributed by atoms with Crippen LogP contribution in [0.1, 0.15) is 44.1 Å². The van der Waals surface area contributed by atoms with E-state index in [1.807, 2.05) is 18.2 Å². The first kappa shape index (κ1) is 13.1. The molecule has 2 heteroatoms. The van der Waals surface area contributed by atoms with Crippen LogP contribution in [0.2, 0.25) is 0 Å². The number of benzene rings is 1. The van der Waals surface area contributed by atoms with E-state index < -0.39 is 0 Å². The molecule has 0 aromatic heterocycles. The van der Waals surface area contributed by atoms with Gasteiger partial charge in [0.05, 0.1) is 12.1 Å². The predicted octanol–water partition coefficient (Wildman–Crippen LogP) is 3.43. The van der Waals surface area contributed by atoms with E-state index in [0.29, 0.717) is 6.04 Å². The van der Waals surface area contributed by atoms with Crippen molar-refractivity contribution < 1.29 is 0 Å². The molecule has 1 N–H and O–H groups in total. The lowest BCUT2D eigenvalue weighted by Crippen LogP contribution is -2.38. The topological polar surface area (TPSA) is 35.8 Å². The summed E-state index contributed by atoms with van der Waals surface area (Å²) in [7, 11) is 0. The second-order valence-electron chi connectivity index (χ2n) is 5.23. The molecule has 1 aromatic carbocycles. The summed E-state index contributed by atoms with van der Waals surface area (Å²) in [5.74, 6) is 0. The Hall–Kier alpha value is -1.33. The highest BCUT2D eigenvalue weighted by Gasteiger charge is 2.16. The highest BCUT2D eigenvalue weighted by Crippen LogP contribution is 2.18. The van der Waals surface area contributed by atoms with Gasteiger partial charge in [-0.2, -0.15) is 5.26 Å². The van der Waals surface area contributed by atoms with Gasteiger partial charge in [0.15, 0.2) is 0 Å². The van der Waals surface area contributed by atoms with E-state index in [9.17, 15) is 5.26 Å². The fourth-order valence-corrected chi connectivity index (χ4v) is 2.72. The monoisotopic (exact) mass is 242 g/mol. The van der Waals surface area contributed by atoms with Crippen molar-refractivity contribution >= 4 is 0 Å². The number of nitriles is 1. The predicted molar refractivity (Wildman–Crippen MR) is 74.2 cm³/mol. The van der Waals surface area contributed by atoms with E-state index in [1.54, 1.807) is 0 Å². The Kier molecular flexibility index (Phi) is 5.23. The minimum atomic E-state index is -0.0458. The first-order valence-corrected chi connectivity index (χ1v) is 7.08. The third kappa shape index (κ3) is 4.16. The lowest BCUT2D eigenvalue weighted by atomic mass is 10.0. The number of hydrogen-bond acceptors (Lipinski definition) is 2. The van der Waals surface area contributed by atoms with Gasteiger partial charge in [0.2, 0.25) is 0 Å². The zero-order valence-electron chi connectivity index (χ0n) is 10.9. The van der Waals surface area contributed by atoms with Gasteiger partial charge in [0.25, 0.3) is 0 Å². The zero-order valence-corrected chi connectivity index (χ0v) is 10.9. The van der Waals surface area contributed by atoms with Crippen molar-refractivity contribution in [1.82, 2.24) is 5.32 Å². The summed E-state index contributed by atoms with van der Waals surface area (Å²) in [6.07, 6.45) is 8.60. The van der Waals surface area contributed by atoms with Gasteiger partial charge in [0, 0.05) is 12.5 Å². The SMILES string of the molecule is N#CC(Cc1ccccc1)NC1CCCCCC1. The summed E-state index contributed by atoms with van der Waals surface area (Å²) in [5.41, 5.74) is 1.24. The van der Waals surface area contributed by atoms with Crippen LogP contribution >= 0.6 is 0 Å². The summed E-state index contributed by atoms with van der Waals surface area (Å²) in [6, 6.07) is 13.2. The third-order valence-corrected chi connectivity index (χ3v) is 3.73. The fraction of sp³-hybridized carbons (Fsp3) is 0.562. The Morgan fingerprint density at radius 1 is 1.11 bits per heavy atom. The van der Waals surface area contributed by atoms with E-state index in [4.69, 9.17) is 0 Å². The minimum absolute atomic E-state index is 0.0458. The molecule has 2 rings (SSSR count). The van der Waals surface area contributed by atoms with Crippen molar-refractivity contribution in [2.45, 2.75) is 57.0 Å². The third-order valence-electron chi connectivity index (χ3n) is 3.73. The van der Waals surface area contributed by atoms with Crippen LogP contribution in [0.25, 0.3) is 0 Å². The Balaban J connectivity index is 1.87. The average molecular weight is 242 g/mol. The average Bonchev–Trinajstić information content (AvgIpc) is 2.68. The number of rotatable bonds is 4. The first-order chi connectivity index (χ1) is 8.88. The molecule has 1 aliphatic rings. The van der Waals surface area contributed by atoms with Crippen molar-refractivity contribution in [2.24, 2.45) is 0 Å². The molecule has 1 aliphatic carbocycles. The smallest absolute Gasteiger partial charge is 0.0995 e. The second kappa shape index (κ2) is 7.18. The van der Waals surface area contributed by atoms with Crippen LogP contribution < -0.4 is 5.32 Å². The van der Waals surface area contributed by atoms with Gasteiger partial charge in [-0.3, -0.25) is 5.32 Å². The number of hydrogen-bond donors (Lipinski definition) is 1. The standard InChI is InChI=1S/C16H22N2/c17-13-16(12-14-8-4-3-5-9-14)18-15-10-6-1-2-7-11-15/h3-5,8-9,15-16,18H,1-2,6-7,10-12H2. The van der Waals surface area contributed by atoms with Crippen LogP contribution in [0.15, 0.2) is 30.3 Å². The summed E-state index contributed by atoms with van der Waals surface area (Å²) in [4.78, 5) is 0. The maximum atomic E-state index is 9.28.